The van der Waals surface area contributed by atoms with Gasteiger partial charge < -0.3 is 9.64 Å². The van der Waals surface area contributed by atoms with Gasteiger partial charge in [0.2, 0.25) is 0 Å². The zero-order valence-electron chi connectivity index (χ0n) is 12.7. The van der Waals surface area contributed by atoms with Gasteiger partial charge in [-0.25, -0.2) is 0 Å². The number of hydrogen-bond donors (Lipinski definition) is 0. The molecule has 21 heavy (non-hydrogen) atoms. The number of ether oxygens (including phenoxy) is 1. The van der Waals surface area contributed by atoms with Gasteiger partial charge in [0.05, 0.1) is 5.92 Å². The fourth-order valence-corrected chi connectivity index (χ4v) is 3.60. The van der Waals surface area contributed by atoms with Gasteiger partial charge in [-0.1, -0.05) is 30.3 Å². The Morgan fingerprint density at radius 1 is 1.19 bits per heavy atom. The van der Waals surface area contributed by atoms with Crippen molar-refractivity contribution < 1.29 is 9.53 Å². The molecule has 0 saturated carbocycles. The summed E-state index contributed by atoms with van der Waals surface area (Å²) in [5.41, 5.74) is 1.04. The Labute approximate surface area is 133 Å². The summed E-state index contributed by atoms with van der Waals surface area (Å²) in [6.45, 7) is 1.93. The Kier molecular flexibility index (Phi) is 5.28. The average molecular weight is 310 g/mol. The van der Waals surface area contributed by atoms with E-state index in [0.29, 0.717) is 12.1 Å². The molecule has 1 aromatic carbocycles. The van der Waals surface area contributed by atoms with Crippen LogP contribution in [0.25, 0.3) is 0 Å². The summed E-state index contributed by atoms with van der Waals surface area (Å²) in [6.07, 6.45) is 4.62. The van der Waals surface area contributed by atoms with Crippen LogP contribution in [-0.4, -0.2) is 36.1 Å². The van der Waals surface area contributed by atoms with E-state index in [1.807, 2.05) is 37.3 Å². The number of rotatable bonds is 3. The van der Waals surface area contributed by atoms with E-state index in [0.717, 1.165) is 18.4 Å². The number of esters is 1. The second-order valence-corrected chi connectivity index (χ2v) is 6.21. The van der Waals surface area contributed by atoms with Crippen LogP contribution in [0.2, 0.25) is 0 Å². The monoisotopic (exact) mass is 309 g/mol. The first-order valence-corrected chi connectivity index (χ1v) is 7.62. The van der Waals surface area contributed by atoms with E-state index >= 15 is 0 Å². The van der Waals surface area contributed by atoms with E-state index in [1.54, 1.807) is 0 Å². The van der Waals surface area contributed by atoms with Gasteiger partial charge in [0.15, 0.2) is 0 Å². The van der Waals surface area contributed by atoms with Crippen molar-refractivity contribution in [3.8, 4) is 0 Å². The average Bonchev–Trinajstić information content (AvgIpc) is 2.69. The third kappa shape index (κ3) is 3.41. The molecule has 2 aliphatic rings. The molecule has 1 aromatic rings. The molecular formula is C17H24ClNO2. The number of fused-ring (bicyclic) bond motifs is 2. The van der Waals surface area contributed by atoms with Crippen molar-refractivity contribution in [2.45, 2.75) is 56.7 Å². The van der Waals surface area contributed by atoms with Crippen LogP contribution < -0.4 is 0 Å². The standard InChI is InChI=1S/C17H23NO2.ClH/c1-12(13-6-4-3-5-7-13)17(19)20-16-10-14-8-9-15(11-16)18(14)2;/h3-7,12,14-16H,8-11H2,1-2H3;1H. The molecule has 2 fully saturated rings. The molecule has 2 bridgehead atoms. The van der Waals surface area contributed by atoms with Crippen LogP contribution >= 0.6 is 12.4 Å². The maximum Gasteiger partial charge on any atom is 0.313 e. The van der Waals surface area contributed by atoms with E-state index in [-0.39, 0.29) is 30.4 Å². The van der Waals surface area contributed by atoms with Crippen LogP contribution in [0, 0.1) is 0 Å². The predicted molar refractivity (Wildman–Crippen MR) is 85.8 cm³/mol. The maximum absolute atomic E-state index is 12.3. The maximum atomic E-state index is 12.3. The molecule has 3 unspecified atom stereocenters. The fourth-order valence-electron chi connectivity index (χ4n) is 3.60. The van der Waals surface area contributed by atoms with Gasteiger partial charge in [0.1, 0.15) is 6.10 Å². The van der Waals surface area contributed by atoms with Crippen LogP contribution in [0.3, 0.4) is 0 Å². The lowest BCUT2D eigenvalue weighted by molar-refractivity contribution is -0.153. The topological polar surface area (TPSA) is 29.5 Å². The molecule has 0 aliphatic carbocycles. The van der Waals surface area contributed by atoms with Gasteiger partial charge in [-0.2, -0.15) is 0 Å². The van der Waals surface area contributed by atoms with Gasteiger partial charge in [-0.3, -0.25) is 4.79 Å². The number of nitrogens with zero attached hydrogens (tertiary/aromatic N) is 1. The predicted octanol–water partition coefficient (Wildman–Crippen LogP) is 3.38. The van der Waals surface area contributed by atoms with Gasteiger partial charge in [0.25, 0.3) is 0 Å². The molecular weight excluding hydrogens is 286 g/mol. The molecule has 2 heterocycles. The fraction of sp³-hybridized carbons (Fsp3) is 0.588. The lowest BCUT2D eigenvalue weighted by Crippen LogP contribution is -2.43. The molecule has 0 aromatic heterocycles. The number of benzene rings is 1. The second kappa shape index (κ2) is 6.80. The quantitative estimate of drug-likeness (QED) is 0.802. The van der Waals surface area contributed by atoms with Gasteiger partial charge in [-0.15, -0.1) is 12.4 Å². The molecule has 4 heteroatoms. The number of carbonyl (C=O) groups is 1. The van der Waals surface area contributed by atoms with Crippen molar-refractivity contribution in [1.29, 1.82) is 0 Å². The molecule has 0 spiro atoms. The van der Waals surface area contributed by atoms with E-state index in [2.05, 4.69) is 11.9 Å². The molecule has 3 atom stereocenters. The number of halogens is 1. The van der Waals surface area contributed by atoms with Crippen molar-refractivity contribution >= 4 is 18.4 Å². The zero-order chi connectivity index (χ0) is 14.1. The third-order valence-electron chi connectivity index (χ3n) is 4.99. The van der Waals surface area contributed by atoms with Crippen molar-refractivity contribution in [2.75, 3.05) is 7.05 Å². The highest BCUT2D eigenvalue weighted by atomic mass is 35.5. The van der Waals surface area contributed by atoms with Crippen LogP contribution in [0.1, 0.15) is 44.1 Å². The number of piperidine rings is 1. The summed E-state index contributed by atoms with van der Waals surface area (Å²) in [5.74, 6) is -0.251. The first-order chi connectivity index (χ1) is 9.65. The van der Waals surface area contributed by atoms with E-state index in [1.165, 1.54) is 12.8 Å². The minimum absolute atomic E-state index is 0. The Morgan fingerprint density at radius 3 is 2.33 bits per heavy atom. The van der Waals surface area contributed by atoms with Crippen LogP contribution in [-0.2, 0) is 9.53 Å². The van der Waals surface area contributed by atoms with Crippen molar-refractivity contribution in [1.82, 2.24) is 4.90 Å². The SMILES string of the molecule is CC(C(=O)OC1CC2CCC(C1)N2C)c1ccccc1.Cl. The summed E-state index contributed by atoms with van der Waals surface area (Å²) in [6, 6.07) is 11.1. The van der Waals surface area contributed by atoms with Gasteiger partial charge in [0, 0.05) is 12.1 Å². The highest BCUT2D eigenvalue weighted by Gasteiger charge is 2.40. The summed E-state index contributed by atoms with van der Waals surface area (Å²) < 4.78 is 5.77. The number of hydrogen-bond acceptors (Lipinski definition) is 3. The lowest BCUT2D eigenvalue weighted by atomic mass is 9.99. The zero-order valence-corrected chi connectivity index (χ0v) is 13.5. The smallest absolute Gasteiger partial charge is 0.313 e. The Bertz CT molecular complexity index is 465. The molecule has 0 amide bonds. The summed E-state index contributed by atoms with van der Waals surface area (Å²) >= 11 is 0. The molecule has 0 radical (unpaired) electrons. The summed E-state index contributed by atoms with van der Waals surface area (Å²) in [5, 5.41) is 0. The van der Waals surface area contributed by atoms with E-state index < -0.39 is 0 Å². The highest BCUT2D eigenvalue weighted by Crippen LogP contribution is 2.36. The highest BCUT2D eigenvalue weighted by molar-refractivity contribution is 5.85. The molecule has 3 nitrogen and oxygen atoms in total. The minimum Gasteiger partial charge on any atom is -0.462 e. The summed E-state index contributed by atoms with van der Waals surface area (Å²) in [4.78, 5) is 14.8. The molecule has 116 valence electrons. The minimum atomic E-state index is -0.173. The molecule has 2 saturated heterocycles. The van der Waals surface area contributed by atoms with Gasteiger partial charge in [-0.05, 0) is 45.2 Å². The number of carbonyl (C=O) groups excluding carboxylic acids is 1. The molecule has 0 N–H and O–H groups in total. The first-order valence-electron chi connectivity index (χ1n) is 7.62. The van der Waals surface area contributed by atoms with Crippen molar-refractivity contribution in [3.63, 3.8) is 0 Å². The van der Waals surface area contributed by atoms with E-state index in [4.69, 9.17) is 4.74 Å². The molecule has 3 rings (SSSR count). The van der Waals surface area contributed by atoms with Crippen molar-refractivity contribution in [2.24, 2.45) is 0 Å². The third-order valence-corrected chi connectivity index (χ3v) is 4.99. The first kappa shape index (κ1) is 16.3. The van der Waals surface area contributed by atoms with Gasteiger partial charge >= 0.3 is 5.97 Å². The van der Waals surface area contributed by atoms with Crippen LogP contribution in [0.15, 0.2) is 30.3 Å². The van der Waals surface area contributed by atoms with Crippen molar-refractivity contribution in [3.05, 3.63) is 35.9 Å². The van der Waals surface area contributed by atoms with Crippen LogP contribution in [0.5, 0.6) is 0 Å². The largest absolute Gasteiger partial charge is 0.462 e. The lowest BCUT2D eigenvalue weighted by Gasteiger charge is -2.36. The Hall–Kier alpha value is -1.06. The van der Waals surface area contributed by atoms with Crippen LogP contribution in [0.4, 0.5) is 0 Å². The summed E-state index contributed by atoms with van der Waals surface area (Å²) in [7, 11) is 2.20. The van der Waals surface area contributed by atoms with E-state index in [9.17, 15) is 4.79 Å². The molecule has 2 aliphatic heterocycles. The Morgan fingerprint density at radius 2 is 1.76 bits per heavy atom. The second-order valence-electron chi connectivity index (χ2n) is 6.21. The normalized spacial score (nSPS) is 29.5. The Balaban J connectivity index is 0.00000161.